The van der Waals surface area contributed by atoms with Gasteiger partial charge >= 0.3 is 0 Å². The summed E-state index contributed by atoms with van der Waals surface area (Å²) in [5, 5.41) is 3.93. The first-order chi connectivity index (χ1) is 8.15. The minimum Gasteiger partial charge on any atom is -0.221 e. The highest BCUT2D eigenvalue weighted by Crippen LogP contribution is 2.30. The Hall–Kier alpha value is -1.13. The van der Waals surface area contributed by atoms with Crippen LogP contribution in [0.3, 0.4) is 0 Å². The molecule has 2 rings (SSSR count). The van der Waals surface area contributed by atoms with Crippen LogP contribution in [0.25, 0.3) is 5.69 Å². The van der Waals surface area contributed by atoms with E-state index >= 15 is 0 Å². The van der Waals surface area contributed by atoms with Gasteiger partial charge in [-0.2, -0.15) is 5.10 Å². The summed E-state index contributed by atoms with van der Waals surface area (Å²) in [6.45, 7) is 0. The van der Waals surface area contributed by atoms with Crippen molar-refractivity contribution in [3.05, 3.63) is 46.7 Å². The molecule has 0 N–H and O–H groups in total. The quantitative estimate of drug-likeness (QED) is 0.769. The molecule has 0 unspecified atom stereocenters. The second-order valence-corrected chi connectivity index (χ2v) is 3.96. The van der Waals surface area contributed by atoms with Gasteiger partial charge in [-0.05, 0) is 12.1 Å². The third-order valence-electron chi connectivity index (χ3n) is 2.29. The van der Waals surface area contributed by atoms with E-state index in [1.807, 2.05) is 6.07 Å². The fourth-order valence-corrected chi connectivity index (χ4v) is 2.12. The lowest BCUT2D eigenvalue weighted by Crippen LogP contribution is -1.97. The number of para-hydroxylation sites is 1. The van der Waals surface area contributed by atoms with E-state index in [1.54, 1.807) is 24.3 Å². The van der Waals surface area contributed by atoms with Gasteiger partial charge in [-0.25, -0.2) is 13.5 Å². The maximum atomic E-state index is 12.7. The highest BCUT2D eigenvalue weighted by Gasteiger charge is 2.22. The first-order valence-corrected chi connectivity index (χ1v) is 5.73. The van der Waals surface area contributed by atoms with Crippen LogP contribution < -0.4 is 0 Å². The van der Waals surface area contributed by atoms with Crippen LogP contribution in [0.4, 0.5) is 8.78 Å². The number of benzene rings is 1. The van der Waals surface area contributed by atoms with Crippen molar-refractivity contribution in [3.8, 4) is 5.69 Å². The third-order valence-corrected chi connectivity index (χ3v) is 2.95. The Morgan fingerprint density at radius 3 is 2.35 bits per heavy atom. The maximum Gasteiger partial charge on any atom is 0.282 e. The van der Waals surface area contributed by atoms with Crippen molar-refractivity contribution >= 4 is 23.2 Å². The Bertz CT molecular complexity index is 512. The Kier molecular flexibility index (Phi) is 3.64. The molecule has 17 heavy (non-hydrogen) atoms. The van der Waals surface area contributed by atoms with Crippen LogP contribution in [0, 0.1) is 0 Å². The fraction of sp³-hybridized carbons (Fsp3) is 0.182. The van der Waals surface area contributed by atoms with Gasteiger partial charge in [-0.1, -0.05) is 29.8 Å². The molecule has 0 aliphatic heterocycles. The van der Waals surface area contributed by atoms with Crippen LogP contribution >= 0.6 is 23.2 Å². The Balaban J connectivity index is 2.57. The van der Waals surface area contributed by atoms with Crippen LogP contribution in [0.1, 0.15) is 17.7 Å². The highest BCUT2D eigenvalue weighted by molar-refractivity contribution is 6.31. The third kappa shape index (κ3) is 2.28. The van der Waals surface area contributed by atoms with Crippen LogP contribution in [0.5, 0.6) is 0 Å². The van der Waals surface area contributed by atoms with E-state index in [4.69, 9.17) is 23.2 Å². The summed E-state index contributed by atoms with van der Waals surface area (Å²) in [5.41, 5.74) is 0.428. The minimum absolute atomic E-state index is 0.0919. The predicted octanol–water partition coefficient (Wildman–Crippen LogP) is 4.20. The zero-order valence-corrected chi connectivity index (χ0v) is 10.1. The molecule has 90 valence electrons. The van der Waals surface area contributed by atoms with Gasteiger partial charge < -0.3 is 0 Å². The Morgan fingerprint density at radius 1 is 1.24 bits per heavy atom. The Morgan fingerprint density at radius 2 is 1.88 bits per heavy atom. The topological polar surface area (TPSA) is 17.8 Å². The van der Waals surface area contributed by atoms with Crippen molar-refractivity contribution in [3.63, 3.8) is 0 Å². The molecule has 0 saturated carbocycles. The van der Waals surface area contributed by atoms with Crippen molar-refractivity contribution in [1.82, 2.24) is 9.78 Å². The SMILES string of the molecule is FC(F)c1nn(-c2ccccc2)c(Cl)c1CCl. The first-order valence-electron chi connectivity index (χ1n) is 4.82. The predicted molar refractivity (Wildman–Crippen MR) is 63.1 cm³/mol. The summed E-state index contributed by atoms with van der Waals surface area (Å²) in [6.07, 6.45) is -2.69. The van der Waals surface area contributed by atoms with Crippen molar-refractivity contribution < 1.29 is 8.78 Å². The van der Waals surface area contributed by atoms with Gasteiger partial charge in [-0.15, -0.1) is 11.6 Å². The summed E-state index contributed by atoms with van der Waals surface area (Å²) in [7, 11) is 0. The number of hydrogen-bond acceptors (Lipinski definition) is 1. The van der Waals surface area contributed by atoms with E-state index < -0.39 is 6.43 Å². The molecular formula is C11H8Cl2F2N2. The van der Waals surface area contributed by atoms with Crippen molar-refractivity contribution in [2.24, 2.45) is 0 Å². The molecule has 0 fully saturated rings. The normalized spacial score (nSPS) is 11.1. The summed E-state index contributed by atoms with van der Waals surface area (Å²) < 4.78 is 26.7. The number of alkyl halides is 3. The lowest BCUT2D eigenvalue weighted by atomic mass is 10.3. The Labute approximate surface area is 107 Å². The fourth-order valence-electron chi connectivity index (χ4n) is 1.48. The zero-order valence-electron chi connectivity index (χ0n) is 8.58. The average molecular weight is 277 g/mol. The van der Waals surface area contributed by atoms with Crippen LogP contribution in [0.2, 0.25) is 5.15 Å². The van der Waals surface area contributed by atoms with Gasteiger partial charge in [-0.3, -0.25) is 0 Å². The molecule has 0 bridgehead atoms. The van der Waals surface area contributed by atoms with E-state index in [-0.39, 0.29) is 22.3 Å². The van der Waals surface area contributed by atoms with Crippen LogP contribution in [0.15, 0.2) is 30.3 Å². The van der Waals surface area contributed by atoms with E-state index in [9.17, 15) is 8.78 Å². The number of nitrogens with zero attached hydrogens (tertiary/aromatic N) is 2. The van der Waals surface area contributed by atoms with E-state index in [1.165, 1.54) is 4.68 Å². The molecule has 0 atom stereocenters. The van der Waals surface area contributed by atoms with E-state index in [2.05, 4.69) is 5.10 Å². The summed E-state index contributed by atoms with van der Waals surface area (Å²) in [5.74, 6) is -0.0919. The maximum absolute atomic E-state index is 12.7. The van der Waals surface area contributed by atoms with Crippen molar-refractivity contribution in [2.75, 3.05) is 0 Å². The summed E-state index contributed by atoms with van der Waals surface area (Å²) in [6, 6.07) is 8.82. The number of rotatable bonds is 3. The number of halogens is 4. The molecule has 1 heterocycles. The summed E-state index contributed by atoms with van der Waals surface area (Å²) >= 11 is 11.6. The molecule has 0 aliphatic rings. The molecule has 0 saturated heterocycles. The molecule has 0 spiro atoms. The first kappa shape index (κ1) is 12.3. The van der Waals surface area contributed by atoms with Crippen molar-refractivity contribution in [2.45, 2.75) is 12.3 Å². The van der Waals surface area contributed by atoms with Gasteiger partial charge in [0, 0.05) is 5.56 Å². The van der Waals surface area contributed by atoms with Gasteiger partial charge in [0.15, 0.2) is 0 Å². The zero-order chi connectivity index (χ0) is 12.4. The molecule has 1 aromatic carbocycles. The second kappa shape index (κ2) is 5.02. The largest absolute Gasteiger partial charge is 0.282 e. The number of hydrogen-bond donors (Lipinski definition) is 0. The minimum atomic E-state index is -2.69. The number of aromatic nitrogens is 2. The lowest BCUT2D eigenvalue weighted by Gasteiger charge is -2.01. The summed E-state index contributed by atoms with van der Waals surface area (Å²) in [4.78, 5) is 0. The molecule has 6 heteroatoms. The smallest absolute Gasteiger partial charge is 0.221 e. The van der Waals surface area contributed by atoms with Crippen molar-refractivity contribution in [1.29, 1.82) is 0 Å². The molecule has 0 aliphatic carbocycles. The van der Waals surface area contributed by atoms with Gasteiger partial charge in [0.05, 0.1) is 11.6 Å². The second-order valence-electron chi connectivity index (χ2n) is 3.34. The van der Waals surface area contributed by atoms with Gasteiger partial charge in [0.2, 0.25) is 0 Å². The molecule has 2 aromatic rings. The average Bonchev–Trinajstić information content (AvgIpc) is 2.67. The van der Waals surface area contributed by atoms with Gasteiger partial charge in [0.25, 0.3) is 6.43 Å². The monoisotopic (exact) mass is 276 g/mol. The lowest BCUT2D eigenvalue weighted by molar-refractivity contribution is 0.144. The molecular weight excluding hydrogens is 269 g/mol. The van der Waals surface area contributed by atoms with Gasteiger partial charge in [0.1, 0.15) is 10.8 Å². The van der Waals surface area contributed by atoms with E-state index in [0.717, 1.165) is 0 Å². The molecule has 0 amide bonds. The molecule has 2 nitrogen and oxygen atoms in total. The highest BCUT2D eigenvalue weighted by atomic mass is 35.5. The van der Waals surface area contributed by atoms with E-state index in [0.29, 0.717) is 5.69 Å². The molecule has 0 radical (unpaired) electrons. The van der Waals surface area contributed by atoms with Crippen LogP contribution in [-0.4, -0.2) is 9.78 Å². The standard InChI is InChI=1S/C11H8Cl2F2N2/c12-6-8-9(11(14)15)16-17(10(8)13)7-4-2-1-3-5-7/h1-5,11H,6H2. The molecule has 1 aromatic heterocycles. The van der Waals surface area contributed by atoms with Crippen LogP contribution in [-0.2, 0) is 5.88 Å².